The van der Waals surface area contributed by atoms with Crippen LogP contribution in [0.5, 0.6) is 5.75 Å². The molecule has 0 spiro atoms. The first-order chi connectivity index (χ1) is 9.43. The number of ether oxygens (including phenoxy) is 1. The molecule has 0 aliphatic carbocycles. The molecule has 0 aliphatic heterocycles. The predicted molar refractivity (Wildman–Crippen MR) is 90.4 cm³/mol. The van der Waals surface area contributed by atoms with E-state index < -0.39 is 0 Å². The van der Waals surface area contributed by atoms with Crippen LogP contribution < -0.4 is 10.5 Å². The van der Waals surface area contributed by atoms with Gasteiger partial charge in [-0.2, -0.15) is 0 Å². The van der Waals surface area contributed by atoms with Crippen LogP contribution in [0, 0.1) is 12.8 Å². The quantitative estimate of drug-likeness (QED) is 0.685. The van der Waals surface area contributed by atoms with Crippen molar-refractivity contribution in [3.05, 3.63) is 27.7 Å². The second-order valence-electron chi connectivity index (χ2n) is 5.97. The number of halogens is 1. The van der Waals surface area contributed by atoms with Crippen LogP contribution in [0.4, 0.5) is 0 Å². The third-order valence-electron chi connectivity index (χ3n) is 3.50. The number of aryl methyl sites for hydroxylation is 1. The average Bonchev–Trinajstić information content (AvgIpc) is 2.36. The molecule has 0 amide bonds. The van der Waals surface area contributed by atoms with Gasteiger partial charge in [0.1, 0.15) is 5.75 Å². The standard InChI is InChI=1S/C17H28BrNO/c1-5-16(19)11-14-10-15(18)9-13(4)17(14)20-8-6-7-12(2)3/h9-10,12,16H,5-8,11,19H2,1-4H3. The molecule has 20 heavy (non-hydrogen) atoms. The first-order valence-corrected chi connectivity index (χ1v) is 8.40. The molecule has 0 radical (unpaired) electrons. The zero-order valence-electron chi connectivity index (χ0n) is 13.2. The van der Waals surface area contributed by atoms with Crippen molar-refractivity contribution in [3.63, 3.8) is 0 Å². The molecule has 1 aromatic rings. The van der Waals surface area contributed by atoms with E-state index in [-0.39, 0.29) is 6.04 Å². The summed E-state index contributed by atoms with van der Waals surface area (Å²) in [7, 11) is 0. The van der Waals surface area contributed by atoms with Gasteiger partial charge in [-0.25, -0.2) is 0 Å². The summed E-state index contributed by atoms with van der Waals surface area (Å²) in [5.41, 5.74) is 8.50. The molecule has 0 bridgehead atoms. The van der Waals surface area contributed by atoms with Gasteiger partial charge in [-0.1, -0.05) is 36.7 Å². The maximum atomic E-state index is 6.10. The number of benzene rings is 1. The summed E-state index contributed by atoms with van der Waals surface area (Å²) in [6.45, 7) is 9.50. The van der Waals surface area contributed by atoms with Crippen molar-refractivity contribution in [2.45, 2.75) is 59.4 Å². The van der Waals surface area contributed by atoms with Crippen LogP contribution in [-0.4, -0.2) is 12.6 Å². The molecule has 1 rings (SSSR count). The Morgan fingerprint density at radius 3 is 2.60 bits per heavy atom. The summed E-state index contributed by atoms with van der Waals surface area (Å²) in [4.78, 5) is 0. The third-order valence-corrected chi connectivity index (χ3v) is 3.95. The largest absolute Gasteiger partial charge is 0.493 e. The SMILES string of the molecule is CCC(N)Cc1cc(Br)cc(C)c1OCCCC(C)C. The summed E-state index contributed by atoms with van der Waals surface area (Å²) in [6.07, 6.45) is 4.17. The van der Waals surface area contributed by atoms with Gasteiger partial charge in [-0.05, 0) is 61.8 Å². The first-order valence-electron chi connectivity index (χ1n) is 7.61. The van der Waals surface area contributed by atoms with Crippen molar-refractivity contribution in [2.24, 2.45) is 11.7 Å². The molecule has 1 aromatic carbocycles. The zero-order valence-corrected chi connectivity index (χ0v) is 14.8. The lowest BCUT2D eigenvalue weighted by Crippen LogP contribution is -2.22. The Morgan fingerprint density at radius 1 is 1.30 bits per heavy atom. The van der Waals surface area contributed by atoms with Gasteiger partial charge in [0, 0.05) is 10.5 Å². The van der Waals surface area contributed by atoms with Crippen LogP contribution in [-0.2, 0) is 6.42 Å². The molecule has 0 saturated carbocycles. The molecule has 114 valence electrons. The highest BCUT2D eigenvalue weighted by molar-refractivity contribution is 9.10. The fourth-order valence-electron chi connectivity index (χ4n) is 2.25. The minimum Gasteiger partial charge on any atom is -0.493 e. The average molecular weight is 342 g/mol. The van der Waals surface area contributed by atoms with Gasteiger partial charge in [-0.15, -0.1) is 0 Å². The van der Waals surface area contributed by atoms with E-state index >= 15 is 0 Å². The predicted octanol–water partition coefficient (Wildman–Crippen LogP) is 4.85. The van der Waals surface area contributed by atoms with Gasteiger partial charge in [0.15, 0.2) is 0 Å². The minimum atomic E-state index is 0.196. The first kappa shape index (κ1) is 17.5. The molecule has 0 saturated heterocycles. The van der Waals surface area contributed by atoms with Crippen LogP contribution in [0.25, 0.3) is 0 Å². The van der Waals surface area contributed by atoms with E-state index in [1.54, 1.807) is 0 Å². The van der Waals surface area contributed by atoms with Gasteiger partial charge in [-0.3, -0.25) is 0 Å². The van der Waals surface area contributed by atoms with Crippen molar-refractivity contribution in [3.8, 4) is 5.75 Å². The Hall–Kier alpha value is -0.540. The van der Waals surface area contributed by atoms with Crippen LogP contribution >= 0.6 is 15.9 Å². The lowest BCUT2D eigenvalue weighted by molar-refractivity contribution is 0.292. The molecular weight excluding hydrogens is 314 g/mol. The maximum absolute atomic E-state index is 6.10. The highest BCUT2D eigenvalue weighted by Gasteiger charge is 2.12. The second kappa shape index (κ2) is 8.68. The van der Waals surface area contributed by atoms with Gasteiger partial charge >= 0.3 is 0 Å². The van der Waals surface area contributed by atoms with Crippen LogP contribution in [0.3, 0.4) is 0 Å². The molecule has 1 atom stereocenters. The number of rotatable bonds is 8. The molecule has 0 heterocycles. The molecule has 0 fully saturated rings. The van der Waals surface area contributed by atoms with Crippen molar-refractivity contribution in [1.82, 2.24) is 0 Å². The fraction of sp³-hybridized carbons (Fsp3) is 0.647. The van der Waals surface area contributed by atoms with E-state index in [0.717, 1.165) is 42.0 Å². The van der Waals surface area contributed by atoms with E-state index in [1.807, 2.05) is 0 Å². The van der Waals surface area contributed by atoms with E-state index in [2.05, 4.69) is 55.8 Å². The number of hydrogen-bond donors (Lipinski definition) is 1. The van der Waals surface area contributed by atoms with Crippen LogP contribution in [0.2, 0.25) is 0 Å². The van der Waals surface area contributed by atoms with E-state index in [0.29, 0.717) is 0 Å². The Kier molecular flexibility index (Phi) is 7.60. The van der Waals surface area contributed by atoms with Gasteiger partial charge < -0.3 is 10.5 Å². The normalized spacial score (nSPS) is 12.8. The number of hydrogen-bond acceptors (Lipinski definition) is 2. The summed E-state index contributed by atoms with van der Waals surface area (Å²) >= 11 is 3.56. The van der Waals surface area contributed by atoms with Crippen molar-refractivity contribution in [2.75, 3.05) is 6.61 Å². The third kappa shape index (κ3) is 5.84. The fourth-order valence-corrected chi connectivity index (χ4v) is 2.87. The van der Waals surface area contributed by atoms with E-state index in [9.17, 15) is 0 Å². The lowest BCUT2D eigenvalue weighted by atomic mass is 10.0. The summed E-state index contributed by atoms with van der Waals surface area (Å²) in [5.74, 6) is 1.76. The van der Waals surface area contributed by atoms with Crippen molar-refractivity contribution < 1.29 is 4.74 Å². The van der Waals surface area contributed by atoms with Crippen LogP contribution in [0.15, 0.2) is 16.6 Å². The van der Waals surface area contributed by atoms with E-state index in [1.165, 1.54) is 17.5 Å². The van der Waals surface area contributed by atoms with Gasteiger partial charge in [0.05, 0.1) is 6.61 Å². The highest BCUT2D eigenvalue weighted by Crippen LogP contribution is 2.29. The number of nitrogens with two attached hydrogens (primary N) is 1. The highest BCUT2D eigenvalue weighted by atomic mass is 79.9. The molecule has 2 nitrogen and oxygen atoms in total. The Morgan fingerprint density at radius 2 is 2.00 bits per heavy atom. The van der Waals surface area contributed by atoms with Gasteiger partial charge in [0.2, 0.25) is 0 Å². The van der Waals surface area contributed by atoms with E-state index in [4.69, 9.17) is 10.5 Å². The Balaban J connectivity index is 2.76. The Bertz CT molecular complexity index is 418. The van der Waals surface area contributed by atoms with Crippen LogP contribution in [0.1, 0.15) is 51.2 Å². The Labute approximate surface area is 132 Å². The summed E-state index contributed by atoms with van der Waals surface area (Å²) < 4.78 is 7.14. The molecule has 0 aliphatic rings. The molecule has 1 unspecified atom stereocenters. The molecule has 3 heteroatoms. The molecule has 0 aromatic heterocycles. The summed E-state index contributed by atoms with van der Waals surface area (Å²) in [5, 5.41) is 0. The second-order valence-corrected chi connectivity index (χ2v) is 6.88. The maximum Gasteiger partial charge on any atom is 0.125 e. The van der Waals surface area contributed by atoms with Crippen molar-refractivity contribution in [1.29, 1.82) is 0 Å². The smallest absolute Gasteiger partial charge is 0.125 e. The zero-order chi connectivity index (χ0) is 15.1. The molecule has 2 N–H and O–H groups in total. The summed E-state index contributed by atoms with van der Waals surface area (Å²) in [6, 6.07) is 4.45. The monoisotopic (exact) mass is 341 g/mol. The minimum absolute atomic E-state index is 0.196. The van der Waals surface area contributed by atoms with Gasteiger partial charge in [0.25, 0.3) is 0 Å². The lowest BCUT2D eigenvalue weighted by Gasteiger charge is -2.17. The van der Waals surface area contributed by atoms with Crippen molar-refractivity contribution >= 4 is 15.9 Å². The topological polar surface area (TPSA) is 35.2 Å². The molecular formula is C17H28BrNO.